The molecule has 3 heterocycles. The minimum atomic E-state index is -0.469. The Balaban J connectivity index is 1.63. The van der Waals surface area contributed by atoms with Crippen LogP contribution in [-0.4, -0.2) is 89.3 Å². The first-order chi connectivity index (χ1) is 15.6. The normalized spacial score (nSPS) is 20.6. The van der Waals surface area contributed by atoms with E-state index in [1.807, 2.05) is 32.6 Å². The first-order valence-electron chi connectivity index (χ1n) is 12.0. The summed E-state index contributed by atoms with van der Waals surface area (Å²) in [5, 5.41) is 0. The minimum Gasteiger partial charge on any atom is -0.464 e. The lowest BCUT2D eigenvalue weighted by molar-refractivity contribution is 0.00912. The molecule has 0 aliphatic carbocycles. The number of methoxy groups -OCH3 is 1. The quantitative estimate of drug-likeness (QED) is 0.618. The molecular weight excluding hydrogens is 422 g/mol. The molecule has 1 atom stereocenters. The number of aromatic nitrogens is 2. The van der Waals surface area contributed by atoms with Crippen LogP contribution in [0.3, 0.4) is 0 Å². The van der Waals surface area contributed by atoms with Crippen LogP contribution in [0.1, 0.15) is 69.6 Å². The number of likely N-dealkylation sites (tertiary alicyclic amines) is 1. The summed E-state index contributed by atoms with van der Waals surface area (Å²) in [6, 6.07) is 0.888. The molecule has 0 spiro atoms. The van der Waals surface area contributed by atoms with Crippen molar-refractivity contribution in [3.8, 4) is 0 Å². The van der Waals surface area contributed by atoms with Gasteiger partial charge >= 0.3 is 12.1 Å². The highest BCUT2D eigenvalue weighted by Crippen LogP contribution is 2.27. The molecule has 33 heavy (non-hydrogen) atoms. The van der Waals surface area contributed by atoms with Crippen molar-refractivity contribution in [1.82, 2.24) is 19.8 Å². The number of hydrogen-bond acceptors (Lipinski definition) is 8. The molecule has 184 valence electrons. The Bertz CT molecular complexity index is 833. The molecule has 0 saturated carbocycles. The molecular formula is C24H39N5O4. The number of esters is 1. The number of nitrogens with zero attached hydrogens (tertiary/aromatic N) is 5. The topological polar surface area (TPSA) is 88.1 Å². The molecule has 9 heteroatoms. The SMILES string of the molecule is CCC[C@H]1CN(c2ncc(C(=O)OC)nc2C)CCN1C1CCN(C(=O)OC(C)(C)C)CC1. The van der Waals surface area contributed by atoms with Crippen molar-refractivity contribution in [1.29, 1.82) is 0 Å². The van der Waals surface area contributed by atoms with Crippen LogP contribution in [0.15, 0.2) is 6.20 Å². The molecule has 0 aromatic carbocycles. The third-order valence-electron chi connectivity index (χ3n) is 6.35. The van der Waals surface area contributed by atoms with Gasteiger partial charge in [0.1, 0.15) is 11.4 Å². The molecule has 0 bridgehead atoms. The largest absolute Gasteiger partial charge is 0.464 e. The smallest absolute Gasteiger partial charge is 0.410 e. The van der Waals surface area contributed by atoms with E-state index in [9.17, 15) is 9.59 Å². The number of amides is 1. The lowest BCUT2D eigenvalue weighted by Crippen LogP contribution is -2.59. The monoisotopic (exact) mass is 461 g/mol. The van der Waals surface area contributed by atoms with Gasteiger partial charge in [-0.25, -0.2) is 19.6 Å². The summed E-state index contributed by atoms with van der Waals surface area (Å²) >= 11 is 0. The maximum Gasteiger partial charge on any atom is 0.410 e. The predicted octanol–water partition coefficient (Wildman–Crippen LogP) is 3.26. The van der Waals surface area contributed by atoms with Crippen molar-refractivity contribution in [2.24, 2.45) is 0 Å². The number of carbonyl (C=O) groups excluding carboxylic acids is 2. The highest BCUT2D eigenvalue weighted by Gasteiger charge is 2.35. The van der Waals surface area contributed by atoms with Gasteiger partial charge in [0, 0.05) is 44.8 Å². The Hall–Kier alpha value is -2.42. The zero-order valence-corrected chi connectivity index (χ0v) is 21.0. The van der Waals surface area contributed by atoms with Gasteiger partial charge in [-0.2, -0.15) is 0 Å². The number of piperazine rings is 1. The summed E-state index contributed by atoms with van der Waals surface area (Å²) in [6.45, 7) is 14.0. The lowest BCUT2D eigenvalue weighted by Gasteiger charge is -2.48. The molecule has 0 N–H and O–H groups in total. The van der Waals surface area contributed by atoms with Crippen molar-refractivity contribution in [2.75, 3.05) is 44.7 Å². The van der Waals surface area contributed by atoms with Gasteiger partial charge in [0.2, 0.25) is 0 Å². The van der Waals surface area contributed by atoms with E-state index in [0.717, 1.165) is 69.9 Å². The first kappa shape index (κ1) is 25.2. The average molecular weight is 462 g/mol. The summed E-state index contributed by atoms with van der Waals surface area (Å²) in [4.78, 5) is 39.9. The number of rotatable bonds is 5. The van der Waals surface area contributed by atoms with Crippen LogP contribution in [-0.2, 0) is 9.47 Å². The number of anilines is 1. The van der Waals surface area contributed by atoms with E-state index in [2.05, 4.69) is 26.7 Å². The number of carbonyl (C=O) groups is 2. The van der Waals surface area contributed by atoms with Gasteiger partial charge in [0.05, 0.1) is 19.0 Å². The fraction of sp³-hybridized carbons (Fsp3) is 0.750. The van der Waals surface area contributed by atoms with Crippen LogP contribution in [0.25, 0.3) is 0 Å². The molecule has 0 radical (unpaired) electrons. The van der Waals surface area contributed by atoms with Gasteiger partial charge in [0.25, 0.3) is 0 Å². The van der Waals surface area contributed by atoms with Gasteiger partial charge in [-0.3, -0.25) is 4.90 Å². The summed E-state index contributed by atoms with van der Waals surface area (Å²) in [5.41, 5.74) is 0.513. The number of ether oxygens (including phenoxy) is 2. The second kappa shape index (κ2) is 10.7. The molecule has 2 aliphatic heterocycles. The summed E-state index contributed by atoms with van der Waals surface area (Å²) in [5.74, 6) is 0.367. The van der Waals surface area contributed by atoms with Gasteiger partial charge in [-0.05, 0) is 47.0 Å². The van der Waals surface area contributed by atoms with Crippen molar-refractivity contribution in [2.45, 2.75) is 78.0 Å². The van der Waals surface area contributed by atoms with Gasteiger partial charge < -0.3 is 19.3 Å². The van der Waals surface area contributed by atoms with Crippen LogP contribution in [0, 0.1) is 6.92 Å². The third-order valence-corrected chi connectivity index (χ3v) is 6.35. The van der Waals surface area contributed by atoms with Crippen LogP contribution in [0.4, 0.5) is 10.6 Å². The lowest BCUT2D eigenvalue weighted by atomic mass is 9.97. The Kier molecular flexibility index (Phi) is 8.15. The zero-order valence-electron chi connectivity index (χ0n) is 21.0. The molecule has 2 fully saturated rings. The van der Waals surface area contributed by atoms with Crippen molar-refractivity contribution < 1.29 is 19.1 Å². The first-order valence-corrected chi connectivity index (χ1v) is 12.0. The van der Waals surface area contributed by atoms with Crippen molar-refractivity contribution in [3.05, 3.63) is 17.6 Å². The summed E-state index contributed by atoms with van der Waals surface area (Å²) in [7, 11) is 1.35. The van der Waals surface area contributed by atoms with E-state index in [1.165, 1.54) is 13.3 Å². The second-order valence-electron chi connectivity index (χ2n) is 9.98. The molecule has 1 amide bonds. The number of aryl methyl sites for hydroxylation is 1. The van der Waals surface area contributed by atoms with Crippen LogP contribution < -0.4 is 4.90 Å². The van der Waals surface area contributed by atoms with E-state index < -0.39 is 11.6 Å². The standard InChI is InChI=1S/C24H39N5O4/c1-7-8-19-16-28(21-17(2)26-20(15-25-21)22(30)32-6)13-14-29(19)18-9-11-27(12-10-18)23(31)33-24(3,4)5/h15,18-19H,7-14,16H2,1-6H3/t19-/m0/s1. The van der Waals surface area contributed by atoms with E-state index in [0.29, 0.717) is 12.1 Å². The molecule has 0 unspecified atom stereocenters. The van der Waals surface area contributed by atoms with E-state index in [-0.39, 0.29) is 11.8 Å². The molecule has 3 rings (SSSR count). The third kappa shape index (κ3) is 6.34. The number of hydrogen-bond donors (Lipinski definition) is 0. The highest BCUT2D eigenvalue weighted by atomic mass is 16.6. The van der Waals surface area contributed by atoms with Crippen LogP contribution >= 0.6 is 0 Å². The Labute approximate surface area is 197 Å². The summed E-state index contributed by atoms with van der Waals surface area (Å²) < 4.78 is 10.3. The molecule has 1 aromatic heterocycles. The van der Waals surface area contributed by atoms with Gasteiger partial charge in [-0.1, -0.05) is 13.3 Å². The van der Waals surface area contributed by atoms with Crippen LogP contribution in [0.2, 0.25) is 0 Å². The van der Waals surface area contributed by atoms with Gasteiger partial charge in [-0.15, -0.1) is 0 Å². The fourth-order valence-electron chi connectivity index (χ4n) is 4.83. The predicted molar refractivity (Wildman–Crippen MR) is 127 cm³/mol. The fourth-order valence-corrected chi connectivity index (χ4v) is 4.83. The Morgan fingerprint density at radius 1 is 1.15 bits per heavy atom. The average Bonchev–Trinajstić information content (AvgIpc) is 2.77. The zero-order chi connectivity index (χ0) is 24.2. The molecule has 2 aliphatic rings. The second-order valence-corrected chi connectivity index (χ2v) is 9.98. The van der Waals surface area contributed by atoms with Crippen LogP contribution in [0.5, 0.6) is 0 Å². The molecule has 9 nitrogen and oxygen atoms in total. The maximum absolute atomic E-state index is 12.4. The minimum absolute atomic E-state index is 0.208. The molecule has 1 aromatic rings. The van der Waals surface area contributed by atoms with Crippen molar-refractivity contribution >= 4 is 17.9 Å². The molecule has 2 saturated heterocycles. The van der Waals surface area contributed by atoms with Crippen molar-refractivity contribution in [3.63, 3.8) is 0 Å². The van der Waals surface area contributed by atoms with E-state index in [4.69, 9.17) is 9.47 Å². The number of piperidine rings is 1. The highest BCUT2D eigenvalue weighted by molar-refractivity contribution is 5.87. The van der Waals surface area contributed by atoms with E-state index >= 15 is 0 Å². The van der Waals surface area contributed by atoms with E-state index in [1.54, 1.807) is 0 Å². The van der Waals surface area contributed by atoms with Gasteiger partial charge in [0.15, 0.2) is 5.69 Å². The Morgan fingerprint density at radius 3 is 2.42 bits per heavy atom. The Morgan fingerprint density at radius 2 is 1.85 bits per heavy atom. The summed E-state index contributed by atoms with van der Waals surface area (Å²) in [6.07, 6.45) is 5.44. The maximum atomic E-state index is 12.4.